The number of nitrogen functional groups attached to an aromatic ring is 1. The van der Waals surface area contributed by atoms with Gasteiger partial charge >= 0.3 is 0 Å². The van der Waals surface area contributed by atoms with E-state index in [1.807, 2.05) is 6.92 Å². The van der Waals surface area contributed by atoms with Gasteiger partial charge in [0.15, 0.2) is 0 Å². The van der Waals surface area contributed by atoms with Crippen LogP contribution in [0.2, 0.25) is 0 Å². The zero-order valence-corrected chi connectivity index (χ0v) is 9.60. The number of thiazole rings is 1. The van der Waals surface area contributed by atoms with E-state index in [1.165, 1.54) is 24.4 Å². The highest BCUT2D eigenvalue weighted by molar-refractivity contribution is 7.12. The predicted octanol–water partition coefficient (Wildman–Crippen LogP) is 1.84. The molecule has 0 aliphatic carbocycles. The summed E-state index contributed by atoms with van der Waals surface area (Å²) in [5.41, 5.74) is 5.77. The third kappa shape index (κ3) is 1.91. The van der Waals surface area contributed by atoms with E-state index in [9.17, 15) is 0 Å². The fraction of sp³-hybridized carbons (Fsp3) is 0.700. The molecule has 0 bridgehead atoms. The van der Waals surface area contributed by atoms with Gasteiger partial charge in [0.25, 0.3) is 0 Å². The van der Waals surface area contributed by atoms with Crippen molar-refractivity contribution in [3.8, 4) is 0 Å². The predicted molar refractivity (Wildman–Crippen MR) is 60.7 cm³/mol. The lowest BCUT2D eigenvalue weighted by Gasteiger charge is -2.28. The van der Waals surface area contributed by atoms with Crippen LogP contribution >= 0.6 is 11.3 Å². The molecule has 3 nitrogen and oxygen atoms in total. The summed E-state index contributed by atoms with van der Waals surface area (Å²) < 4.78 is 0. The van der Waals surface area contributed by atoms with Gasteiger partial charge in [-0.25, -0.2) is 4.98 Å². The Balaban J connectivity index is 2.14. The topological polar surface area (TPSA) is 42.2 Å². The van der Waals surface area contributed by atoms with Gasteiger partial charge in [0, 0.05) is 17.3 Å². The van der Waals surface area contributed by atoms with Crippen molar-refractivity contribution in [3.63, 3.8) is 0 Å². The molecule has 1 aliphatic heterocycles. The number of aromatic nitrogens is 1. The lowest BCUT2D eigenvalue weighted by molar-refractivity contribution is 0.250. The number of nitrogens with zero attached hydrogens (tertiary/aromatic N) is 2. The molecule has 0 radical (unpaired) electrons. The summed E-state index contributed by atoms with van der Waals surface area (Å²) in [6, 6.07) is 0. The minimum absolute atomic E-state index is 0.606. The average Bonchev–Trinajstić information content (AvgIpc) is 2.47. The van der Waals surface area contributed by atoms with Crippen LogP contribution in [-0.4, -0.2) is 30.0 Å². The number of nitrogens with two attached hydrogens (primary N) is 1. The molecule has 14 heavy (non-hydrogen) atoms. The number of piperidine rings is 1. The Morgan fingerprint density at radius 2 is 2.36 bits per heavy atom. The lowest BCUT2D eigenvalue weighted by Crippen LogP contribution is -2.30. The van der Waals surface area contributed by atoms with Gasteiger partial charge in [-0.3, -0.25) is 0 Å². The largest absolute Gasteiger partial charge is 0.383 e. The van der Waals surface area contributed by atoms with Crippen LogP contribution in [0.3, 0.4) is 0 Å². The number of hydrogen-bond acceptors (Lipinski definition) is 4. The van der Waals surface area contributed by atoms with Crippen molar-refractivity contribution in [2.45, 2.75) is 25.7 Å². The van der Waals surface area contributed by atoms with E-state index in [-0.39, 0.29) is 0 Å². The zero-order chi connectivity index (χ0) is 10.1. The SMILES string of the molecule is Cc1sc(C2CCCN(C)C2)nc1N. The Bertz CT molecular complexity index is 302. The first kappa shape index (κ1) is 9.93. The zero-order valence-electron chi connectivity index (χ0n) is 8.79. The summed E-state index contributed by atoms with van der Waals surface area (Å²) >= 11 is 1.76. The number of hydrogen-bond donors (Lipinski definition) is 1. The van der Waals surface area contributed by atoms with Crippen LogP contribution in [0.4, 0.5) is 5.82 Å². The molecule has 1 aliphatic rings. The first-order chi connectivity index (χ1) is 6.66. The maximum Gasteiger partial charge on any atom is 0.137 e. The van der Waals surface area contributed by atoms with Crippen LogP contribution in [0.15, 0.2) is 0 Å². The van der Waals surface area contributed by atoms with Crippen molar-refractivity contribution >= 4 is 17.2 Å². The van der Waals surface area contributed by atoms with Crippen LogP contribution in [0.5, 0.6) is 0 Å². The van der Waals surface area contributed by atoms with Crippen molar-refractivity contribution in [2.24, 2.45) is 0 Å². The van der Waals surface area contributed by atoms with Crippen LogP contribution in [0.1, 0.15) is 28.6 Å². The highest BCUT2D eigenvalue weighted by Gasteiger charge is 2.22. The van der Waals surface area contributed by atoms with Crippen molar-refractivity contribution in [3.05, 3.63) is 9.88 Å². The van der Waals surface area contributed by atoms with Crippen molar-refractivity contribution in [2.75, 3.05) is 25.9 Å². The molecule has 4 heteroatoms. The van der Waals surface area contributed by atoms with Crippen LogP contribution in [-0.2, 0) is 0 Å². The van der Waals surface area contributed by atoms with Gasteiger partial charge in [-0.1, -0.05) is 0 Å². The van der Waals surface area contributed by atoms with Crippen molar-refractivity contribution in [1.82, 2.24) is 9.88 Å². The standard InChI is InChI=1S/C10H17N3S/c1-7-9(11)12-10(14-7)8-4-3-5-13(2)6-8/h8H,3-6,11H2,1-2H3. The molecule has 0 saturated carbocycles. The second-order valence-electron chi connectivity index (χ2n) is 4.09. The van der Waals surface area contributed by atoms with Gasteiger partial charge in [0.2, 0.25) is 0 Å². The van der Waals surface area contributed by atoms with E-state index in [0.29, 0.717) is 5.92 Å². The van der Waals surface area contributed by atoms with Gasteiger partial charge in [-0.2, -0.15) is 0 Å². The van der Waals surface area contributed by atoms with Gasteiger partial charge in [-0.05, 0) is 33.4 Å². The highest BCUT2D eigenvalue weighted by Crippen LogP contribution is 2.31. The molecule has 1 unspecified atom stereocenters. The Morgan fingerprint density at radius 3 is 2.93 bits per heavy atom. The van der Waals surface area contributed by atoms with Crippen molar-refractivity contribution < 1.29 is 0 Å². The smallest absolute Gasteiger partial charge is 0.137 e. The first-order valence-corrected chi connectivity index (χ1v) is 5.90. The molecule has 1 atom stereocenters. The highest BCUT2D eigenvalue weighted by atomic mass is 32.1. The second-order valence-corrected chi connectivity index (χ2v) is 5.33. The fourth-order valence-corrected chi connectivity index (χ4v) is 2.94. The molecule has 0 spiro atoms. The monoisotopic (exact) mass is 211 g/mol. The number of likely N-dealkylation sites (tertiary alicyclic amines) is 1. The van der Waals surface area contributed by atoms with E-state index in [1.54, 1.807) is 11.3 Å². The molecule has 78 valence electrons. The number of likely N-dealkylation sites (N-methyl/N-ethyl adjacent to an activating group) is 1. The molecule has 2 N–H and O–H groups in total. The summed E-state index contributed by atoms with van der Waals surface area (Å²) in [5.74, 6) is 1.33. The quantitative estimate of drug-likeness (QED) is 0.770. The molecule has 1 saturated heterocycles. The summed E-state index contributed by atoms with van der Waals surface area (Å²) in [5, 5.41) is 1.23. The van der Waals surface area contributed by atoms with Crippen LogP contribution < -0.4 is 5.73 Å². The third-order valence-electron chi connectivity index (χ3n) is 2.82. The molecule has 1 aromatic rings. The number of aryl methyl sites for hydroxylation is 1. The molecule has 1 aromatic heterocycles. The summed E-state index contributed by atoms with van der Waals surface area (Å²) in [6.07, 6.45) is 2.54. The first-order valence-electron chi connectivity index (χ1n) is 5.08. The second kappa shape index (κ2) is 3.87. The van der Waals surface area contributed by atoms with Gasteiger partial charge in [0.1, 0.15) is 5.82 Å². The molecular weight excluding hydrogens is 194 g/mol. The maximum absolute atomic E-state index is 5.77. The molecule has 2 rings (SSSR count). The van der Waals surface area contributed by atoms with E-state index < -0.39 is 0 Å². The van der Waals surface area contributed by atoms with E-state index >= 15 is 0 Å². The maximum atomic E-state index is 5.77. The summed E-state index contributed by atoms with van der Waals surface area (Å²) in [4.78, 5) is 7.97. The van der Waals surface area contributed by atoms with Gasteiger partial charge in [-0.15, -0.1) is 11.3 Å². The summed E-state index contributed by atoms with van der Waals surface area (Å²) in [6.45, 7) is 4.39. The Hall–Kier alpha value is -0.610. The van der Waals surface area contributed by atoms with Gasteiger partial charge < -0.3 is 10.6 Å². The van der Waals surface area contributed by atoms with Crippen LogP contribution in [0.25, 0.3) is 0 Å². The van der Waals surface area contributed by atoms with Crippen molar-refractivity contribution in [1.29, 1.82) is 0 Å². The van der Waals surface area contributed by atoms with E-state index in [4.69, 9.17) is 5.73 Å². The van der Waals surface area contributed by atoms with E-state index in [0.717, 1.165) is 17.2 Å². The fourth-order valence-electron chi connectivity index (χ4n) is 1.97. The normalized spacial score (nSPS) is 24.0. The van der Waals surface area contributed by atoms with Gasteiger partial charge in [0.05, 0.1) is 5.01 Å². The average molecular weight is 211 g/mol. The lowest BCUT2D eigenvalue weighted by atomic mass is 9.99. The summed E-state index contributed by atoms with van der Waals surface area (Å²) in [7, 11) is 2.18. The minimum Gasteiger partial charge on any atom is -0.383 e. The molecular formula is C10H17N3S. The molecule has 0 amide bonds. The third-order valence-corrected chi connectivity index (χ3v) is 3.97. The molecule has 2 heterocycles. The molecule has 1 fully saturated rings. The van der Waals surface area contributed by atoms with Crippen LogP contribution in [0, 0.1) is 6.92 Å². The number of anilines is 1. The van der Waals surface area contributed by atoms with E-state index in [2.05, 4.69) is 16.9 Å². The Kier molecular flexibility index (Phi) is 2.74. The number of rotatable bonds is 1. The Labute approximate surface area is 88.9 Å². The minimum atomic E-state index is 0.606. The molecule has 0 aromatic carbocycles. The Morgan fingerprint density at radius 1 is 1.57 bits per heavy atom.